The summed E-state index contributed by atoms with van der Waals surface area (Å²) in [5, 5.41) is 8.93. The Morgan fingerprint density at radius 2 is 0.839 bits per heavy atom. The van der Waals surface area contributed by atoms with Gasteiger partial charge in [0.2, 0.25) is 0 Å². The van der Waals surface area contributed by atoms with Crippen LogP contribution in [0.5, 0.6) is 0 Å². The molecule has 0 spiro atoms. The van der Waals surface area contributed by atoms with Gasteiger partial charge >= 0.3 is 19.8 Å². The van der Waals surface area contributed by atoms with Gasteiger partial charge in [0, 0.05) is 13.0 Å². The van der Waals surface area contributed by atoms with E-state index in [4.69, 9.17) is 29.4 Å². The fraction of sp³-hybridized carbons (Fsp3) is 0.922. The van der Waals surface area contributed by atoms with Crippen molar-refractivity contribution in [3.8, 4) is 0 Å². The van der Waals surface area contributed by atoms with E-state index in [-0.39, 0.29) is 13.0 Å². The Morgan fingerprint density at radius 1 is 0.500 bits per heavy atom. The first kappa shape index (κ1) is 60.7. The molecular formula is C51H100NO9P. The van der Waals surface area contributed by atoms with Crippen LogP contribution in [0.3, 0.4) is 0 Å². The predicted octanol–water partition coefficient (Wildman–Crippen LogP) is 15.3. The number of carbonyl (C=O) groups excluding carboxylic acids is 1. The number of unbranched alkanes of at least 4 members (excludes halogenated alkanes) is 35. The number of carboxylic acids is 1. The van der Waals surface area contributed by atoms with Gasteiger partial charge in [0.15, 0.2) is 0 Å². The quantitative estimate of drug-likeness (QED) is 0.0233. The molecular weight excluding hydrogens is 802 g/mol. The molecule has 0 aliphatic rings. The second kappa shape index (κ2) is 47.7. The van der Waals surface area contributed by atoms with Gasteiger partial charge in [-0.2, -0.15) is 0 Å². The molecule has 0 aromatic heterocycles. The second-order valence-corrected chi connectivity index (χ2v) is 19.5. The normalized spacial score (nSPS) is 13.7. The lowest BCUT2D eigenvalue weighted by Gasteiger charge is -2.20. The van der Waals surface area contributed by atoms with Gasteiger partial charge in [-0.15, -0.1) is 0 Å². The van der Waals surface area contributed by atoms with E-state index in [1.54, 1.807) is 0 Å². The van der Waals surface area contributed by atoms with E-state index in [2.05, 4.69) is 26.0 Å². The first-order chi connectivity index (χ1) is 30.2. The minimum Gasteiger partial charge on any atom is -0.480 e. The van der Waals surface area contributed by atoms with Gasteiger partial charge < -0.3 is 25.2 Å². The molecule has 0 rings (SSSR count). The maximum absolute atomic E-state index is 12.7. The minimum atomic E-state index is -4.62. The summed E-state index contributed by atoms with van der Waals surface area (Å²) in [4.78, 5) is 33.7. The summed E-state index contributed by atoms with van der Waals surface area (Å²) < 4.78 is 33.5. The lowest BCUT2D eigenvalue weighted by molar-refractivity contribution is -0.154. The molecule has 0 aromatic rings. The Morgan fingerprint density at radius 3 is 1.23 bits per heavy atom. The Labute approximate surface area is 382 Å². The maximum atomic E-state index is 12.7. The fourth-order valence-corrected chi connectivity index (χ4v) is 8.50. The SMILES string of the molecule is CCCCCCCCCC/C=C\CCCCCCCCCCCCCCOCC(COP(=O)(O)OCC(N)C(=O)O)OC(=O)CCCCCCCCCCCCCCCCCC. The largest absolute Gasteiger partial charge is 0.480 e. The van der Waals surface area contributed by atoms with E-state index in [1.165, 1.54) is 205 Å². The van der Waals surface area contributed by atoms with Crippen molar-refractivity contribution in [1.82, 2.24) is 0 Å². The number of hydrogen-bond donors (Lipinski definition) is 3. The van der Waals surface area contributed by atoms with Crippen LogP contribution in [0.4, 0.5) is 0 Å². The molecule has 0 saturated heterocycles. The van der Waals surface area contributed by atoms with Gasteiger partial charge in [-0.1, -0.05) is 231 Å². The predicted molar refractivity (Wildman–Crippen MR) is 259 cm³/mol. The van der Waals surface area contributed by atoms with Crippen molar-refractivity contribution in [2.75, 3.05) is 26.4 Å². The number of allylic oxidation sites excluding steroid dienone is 2. The number of ether oxygens (including phenoxy) is 2. The van der Waals surface area contributed by atoms with Gasteiger partial charge in [0.05, 0.1) is 19.8 Å². The lowest BCUT2D eigenvalue weighted by atomic mass is 10.0. The summed E-state index contributed by atoms with van der Waals surface area (Å²) in [5.41, 5.74) is 5.38. The Kier molecular flexibility index (Phi) is 46.7. The van der Waals surface area contributed by atoms with Crippen molar-refractivity contribution >= 4 is 19.8 Å². The topological polar surface area (TPSA) is 155 Å². The van der Waals surface area contributed by atoms with Crippen molar-refractivity contribution in [2.45, 2.75) is 276 Å². The van der Waals surface area contributed by atoms with Crippen LogP contribution in [0.1, 0.15) is 264 Å². The molecule has 0 fully saturated rings. The molecule has 62 heavy (non-hydrogen) atoms. The number of hydrogen-bond acceptors (Lipinski definition) is 8. The summed E-state index contributed by atoms with van der Waals surface area (Å²) >= 11 is 0. The van der Waals surface area contributed by atoms with Crippen molar-refractivity contribution in [3.05, 3.63) is 12.2 Å². The summed E-state index contributed by atoms with van der Waals surface area (Å²) in [7, 11) is -4.62. The molecule has 0 saturated carbocycles. The molecule has 0 aliphatic heterocycles. The third-order valence-corrected chi connectivity index (χ3v) is 12.7. The van der Waals surface area contributed by atoms with Crippen LogP contribution >= 0.6 is 7.82 Å². The fourth-order valence-electron chi connectivity index (χ4n) is 7.72. The highest BCUT2D eigenvalue weighted by Crippen LogP contribution is 2.43. The van der Waals surface area contributed by atoms with Crippen LogP contribution < -0.4 is 5.73 Å². The zero-order valence-electron chi connectivity index (χ0n) is 40.5. The highest BCUT2D eigenvalue weighted by molar-refractivity contribution is 7.47. The molecule has 0 bridgehead atoms. The van der Waals surface area contributed by atoms with Crippen LogP contribution in [0.25, 0.3) is 0 Å². The molecule has 0 amide bonds. The number of phosphoric acid groups is 1. The molecule has 368 valence electrons. The summed E-state index contributed by atoms with van der Waals surface area (Å²) in [5.74, 6) is -1.76. The summed E-state index contributed by atoms with van der Waals surface area (Å²) in [6, 6.07) is -1.47. The maximum Gasteiger partial charge on any atom is 0.472 e. The smallest absolute Gasteiger partial charge is 0.472 e. The van der Waals surface area contributed by atoms with E-state index in [0.29, 0.717) is 6.61 Å². The Bertz CT molecular complexity index is 1040. The summed E-state index contributed by atoms with van der Waals surface area (Å²) in [6.45, 7) is 3.94. The molecule has 0 aromatic carbocycles. The molecule has 11 heteroatoms. The first-order valence-corrected chi connectivity index (χ1v) is 27.7. The molecule has 0 heterocycles. The molecule has 4 N–H and O–H groups in total. The molecule has 0 radical (unpaired) electrons. The molecule has 3 atom stereocenters. The Hall–Kier alpha value is -1.29. The van der Waals surface area contributed by atoms with Crippen molar-refractivity contribution in [3.63, 3.8) is 0 Å². The average molecular weight is 902 g/mol. The van der Waals surface area contributed by atoms with Gasteiger partial charge in [0.25, 0.3) is 0 Å². The number of esters is 1. The minimum absolute atomic E-state index is 0.0232. The van der Waals surface area contributed by atoms with Gasteiger partial charge in [0.1, 0.15) is 12.1 Å². The standard InChI is InChI=1S/C51H100NO9P/c1-3-5-7-9-11-13-15-17-19-21-22-23-24-25-26-27-28-30-32-34-36-38-40-42-44-58-45-48(46-59-62(56,57)60-47-49(52)51(54)55)61-50(53)43-41-39-37-35-33-31-29-20-18-16-14-12-10-8-6-4-2/h21-22,48-49H,3-20,23-47,52H2,1-2H3,(H,54,55)(H,56,57)/b22-21-. The molecule has 0 aliphatic carbocycles. The first-order valence-electron chi connectivity index (χ1n) is 26.2. The van der Waals surface area contributed by atoms with Crippen LogP contribution in [-0.4, -0.2) is 60.5 Å². The number of nitrogens with two attached hydrogens (primary N) is 1. The van der Waals surface area contributed by atoms with Crippen molar-refractivity contribution in [1.29, 1.82) is 0 Å². The highest BCUT2D eigenvalue weighted by Gasteiger charge is 2.27. The molecule has 10 nitrogen and oxygen atoms in total. The monoisotopic (exact) mass is 902 g/mol. The van der Waals surface area contributed by atoms with Gasteiger partial charge in [-0.25, -0.2) is 4.57 Å². The van der Waals surface area contributed by atoms with Gasteiger partial charge in [-0.05, 0) is 38.5 Å². The zero-order chi connectivity index (χ0) is 45.5. The van der Waals surface area contributed by atoms with Crippen molar-refractivity contribution in [2.24, 2.45) is 5.73 Å². The zero-order valence-corrected chi connectivity index (χ0v) is 41.4. The van der Waals surface area contributed by atoms with E-state index >= 15 is 0 Å². The summed E-state index contributed by atoms with van der Waals surface area (Å²) in [6.07, 6.45) is 52.7. The molecule has 3 unspecified atom stereocenters. The van der Waals surface area contributed by atoms with Crippen LogP contribution in [0, 0.1) is 0 Å². The van der Waals surface area contributed by atoms with Gasteiger partial charge in [-0.3, -0.25) is 18.6 Å². The number of aliphatic carboxylic acids is 1. The van der Waals surface area contributed by atoms with Crippen molar-refractivity contribution < 1.29 is 42.7 Å². The highest BCUT2D eigenvalue weighted by atomic mass is 31.2. The van der Waals surface area contributed by atoms with E-state index in [9.17, 15) is 19.0 Å². The van der Waals surface area contributed by atoms with E-state index in [0.717, 1.165) is 38.5 Å². The van der Waals surface area contributed by atoms with Crippen LogP contribution in [0.15, 0.2) is 12.2 Å². The average Bonchev–Trinajstić information content (AvgIpc) is 3.25. The third kappa shape index (κ3) is 46.7. The van der Waals surface area contributed by atoms with E-state index < -0.39 is 45.1 Å². The lowest BCUT2D eigenvalue weighted by Crippen LogP contribution is -2.34. The van der Waals surface area contributed by atoms with Crippen LogP contribution in [0.2, 0.25) is 0 Å². The number of rotatable bonds is 51. The number of carbonyl (C=O) groups is 2. The number of carboxylic acid groups (broad SMARTS) is 1. The van der Waals surface area contributed by atoms with Crippen LogP contribution in [-0.2, 0) is 32.7 Å². The van der Waals surface area contributed by atoms with E-state index in [1.807, 2.05) is 0 Å². The number of phosphoric ester groups is 1. The Balaban J connectivity index is 4.05. The second-order valence-electron chi connectivity index (χ2n) is 18.0. The third-order valence-electron chi connectivity index (χ3n) is 11.8.